The van der Waals surface area contributed by atoms with Crippen LogP contribution < -0.4 is 24.4 Å². The van der Waals surface area contributed by atoms with Gasteiger partial charge < -0.3 is 14.2 Å². The van der Waals surface area contributed by atoms with Crippen LogP contribution in [0.25, 0.3) is 6.08 Å². The summed E-state index contributed by atoms with van der Waals surface area (Å²) in [5, 5.41) is 1.97. The largest absolute Gasteiger partial charge is 0.493 e. The standard InChI is InChI=1S/C26H24N2O6S2/c1-6-10-33-25(31)22-15(3)27-26-28(24(30)21(36-26)13-20-14(2)9-11-35-20)23(22)17-7-8-18(34-16(4)29)19(12-17)32-5/h6-9,11-13,23H,1,10H2,2-5H3/b21-13-. The van der Waals surface area contributed by atoms with Crippen LogP contribution in [0.4, 0.5) is 0 Å². The second kappa shape index (κ2) is 10.5. The molecule has 2 aromatic heterocycles. The van der Waals surface area contributed by atoms with E-state index in [1.165, 1.54) is 36.0 Å². The number of nitrogens with zero attached hydrogens (tertiary/aromatic N) is 2. The number of rotatable bonds is 7. The first-order valence-corrected chi connectivity index (χ1v) is 12.7. The normalized spacial score (nSPS) is 15.2. The van der Waals surface area contributed by atoms with Gasteiger partial charge in [-0.3, -0.25) is 14.2 Å². The van der Waals surface area contributed by atoms with E-state index in [2.05, 4.69) is 11.6 Å². The molecule has 1 unspecified atom stereocenters. The van der Waals surface area contributed by atoms with Crippen molar-refractivity contribution in [2.24, 2.45) is 4.99 Å². The molecule has 0 spiro atoms. The summed E-state index contributed by atoms with van der Waals surface area (Å²) in [5.74, 6) is -0.590. The minimum Gasteiger partial charge on any atom is -0.493 e. The Labute approximate surface area is 215 Å². The number of esters is 2. The van der Waals surface area contributed by atoms with Gasteiger partial charge in [0.1, 0.15) is 6.61 Å². The minimum atomic E-state index is -0.828. The number of benzene rings is 1. The molecule has 0 saturated heterocycles. The molecular weight excluding hydrogens is 500 g/mol. The molecule has 0 saturated carbocycles. The third kappa shape index (κ3) is 4.82. The van der Waals surface area contributed by atoms with Crippen LogP contribution in [-0.2, 0) is 14.3 Å². The predicted molar refractivity (Wildman–Crippen MR) is 138 cm³/mol. The number of aromatic nitrogens is 1. The lowest BCUT2D eigenvalue weighted by atomic mass is 9.95. The van der Waals surface area contributed by atoms with E-state index >= 15 is 0 Å². The third-order valence-corrected chi connectivity index (χ3v) is 7.44. The van der Waals surface area contributed by atoms with E-state index in [0.717, 1.165) is 10.4 Å². The van der Waals surface area contributed by atoms with Crippen LogP contribution in [0.1, 0.15) is 35.9 Å². The van der Waals surface area contributed by atoms with Gasteiger partial charge in [-0.1, -0.05) is 30.1 Å². The van der Waals surface area contributed by atoms with Crippen molar-refractivity contribution < 1.29 is 23.8 Å². The number of aryl methyl sites for hydroxylation is 1. The van der Waals surface area contributed by atoms with Crippen LogP contribution in [0.2, 0.25) is 0 Å². The molecule has 0 aliphatic carbocycles. The minimum absolute atomic E-state index is 0.0130. The SMILES string of the molecule is C=CCOC(=O)C1=C(C)N=c2s/c(=C\c3sccc3C)c(=O)n2C1c1ccc(OC(C)=O)c(OC)c1. The van der Waals surface area contributed by atoms with Crippen molar-refractivity contribution >= 4 is 40.7 Å². The Hall–Kier alpha value is -3.76. The number of allylic oxidation sites excluding steroid dienone is 1. The van der Waals surface area contributed by atoms with E-state index in [4.69, 9.17) is 14.2 Å². The number of thiophene rings is 1. The summed E-state index contributed by atoms with van der Waals surface area (Å²) in [6.45, 7) is 8.59. The molecule has 1 atom stereocenters. The summed E-state index contributed by atoms with van der Waals surface area (Å²) < 4.78 is 18.0. The van der Waals surface area contributed by atoms with Crippen LogP contribution in [0.15, 0.2) is 63.4 Å². The summed E-state index contributed by atoms with van der Waals surface area (Å²) in [6.07, 6.45) is 3.32. The molecule has 4 rings (SSSR count). The molecule has 0 fully saturated rings. The second-order valence-electron chi connectivity index (χ2n) is 7.94. The highest BCUT2D eigenvalue weighted by Gasteiger charge is 2.34. The topological polar surface area (TPSA) is 96.2 Å². The molecule has 3 aromatic rings. The van der Waals surface area contributed by atoms with Gasteiger partial charge in [0.05, 0.1) is 29.0 Å². The van der Waals surface area contributed by atoms with Crippen molar-refractivity contribution in [1.82, 2.24) is 4.57 Å². The van der Waals surface area contributed by atoms with Gasteiger partial charge in [0.15, 0.2) is 16.3 Å². The van der Waals surface area contributed by atoms with E-state index in [-0.39, 0.29) is 29.2 Å². The van der Waals surface area contributed by atoms with Crippen molar-refractivity contribution in [2.75, 3.05) is 13.7 Å². The van der Waals surface area contributed by atoms with Gasteiger partial charge in [0.25, 0.3) is 5.56 Å². The van der Waals surface area contributed by atoms with Crippen LogP contribution in [-0.4, -0.2) is 30.2 Å². The fourth-order valence-electron chi connectivity index (χ4n) is 3.86. The van der Waals surface area contributed by atoms with Crippen molar-refractivity contribution in [1.29, 1.82) is 0 Å². The number of ether oxygens (including phenoxy) is 3. The van der Waals surface area contributed by atoms with Gasteiger partial charge in [-0.25, -0.2) is 9.79 Å². The van der Waals surface area contributed by atoms with Crippen LogP contribution in [0.5, 0.6) is 11.5 Å². The summed E-state index contributed by atoms with van der Waals surface area (Å²) >= 11 is 2.80. The molecule has 10 heteroatoms. The van der Waals surface area contributed by atoms with Crippen LogP contribution in [0, 0.1) is 6.92 Å². The summed E-state index contributed by atoms with van der Waals surface area (Å²) in [4.78, 5) is 44.4. The van der Waals surface area contributed by atoms with Gasteiger partial charge in [0, 0.05) is 11.8 Å². The van der Waals surface area contributed by atoms with Gasteiger partial charge in [0.2, 0.25) is 0 Å². The van der Waals surface area contributed by atoms with Gasteiger partial charge >= 0.3 is 11.9 Å². The van der Waals surface area contributed by atoms with Crippen LogP contribution >= 0.6 is 22.7 Å². The zero-order chi connectivity index (χ0) is 26.0. The average molecular weight is 525 g/mol. The van der Waals surface area contributed by atoms with Gasteiger partial charge in [-0.15, -0.1) is 11.3 Å². The average Bonchev–Trinajstić information content (AvgIpc) is 3.38. The molecule has 186 valence electrons. The number of thiazole rings is 1. The first-order valence-electron chi connectivity index (χ1n) is 11.0. The molecule has 1 aliphatic heterocycles. The Morgan fingerprint density at radius 1 is 1.22 bits per heavy atom. The lowest BCUT2D eigenvalue weighted by Crippen LogP contribution is -2.40. The molecule has 8 nitrogen and oxygen atoms in total. The van der Waals surface area contributed by atoms with E-state index < -0.39 is 18.0 Å². The number of hydrogen-bond acceptors (Lipinski definition) is 9. The molecule has 0 amide bonds. The fourth-order valence-corrected chi connectivity index (χ4v) is 5.82. The molecule has 1 aromatic carbocycles. The van der Waals surface area contributed by atoms with Crippen molar-refractivity contribution in [2.45, 2.75) is 26.8 Å². The zero-order valence-corrected chi connectivity index (χ0v) is 21.8. The number of carbonyl (C=O) groups is 2. The Morgan fingerprint density at radius 2 is 2.00 bits per heavy atom. The van der Waals surface area contributed by atoms with Gasteiger partial charge in [-0.05, 0) is 54.6 Å². The maximum absolute atomic E-state index is 13.7. The smallest absolute Gasteiger partial charge is 0.338 e. The number of methoxy groups -OCH3 is 1. The van der Waals surface area contributed by atoms with E-state index in [1.54, 1.807) is 36.5 Å². The first-order chi connectivity index (χ1) is 17.2. The zero-order valence-electron chi connectivity index (χ0n) is 20.2. The third-order valence-electron chi connectivity index (χ3n) is 5.49. The molecule has 0 radical (unpaired) electrons. The van der Waals surface area contributed by atoms with E-state index in [1.807, 2.05) is 24.4 Å². The quantitative estimate of drug-likeness (QED) is 0.267. The highest BCUT2D eigenvalue weighted by atomic mass is 32.1. The molecule has 3 heterocycles. The maximum atomic E-state index is 13.7. The van der Waals surface area contributed by atoms with Crippen LogP contribution in [0.3, 0.4) is 0 Å². The van der Waals surface area contributed by atoms with Gasteiger partial charge in [-0.2, -0.15) is 0 Å². The molecule has 36 heavy (non-hydrogen) atoms. The molecule has 0 N–H and O–H groups in total. The molecule has 1 aliphatic rings. The number of carbonyl (C=O) groups excluding carboxylic acids is 2. The molecular formula is C26H24N2O6S2. The maximum Gasteiger partial charge on any atom is 0.338 e. The lowest BCUT2D eigenvalue weighted by molar-refractivity contribution is -0.138. The fraction of sp³-hybridized carbons (Fsp3) is 0.231. The molecule has 0 bridgehead atoms. The summed E-state index contributed by atoms with van der Waals surface area (Å²) in [7, 11) is 1.45. The van der Waals surface area contributed by atoms with Crippen molar-refractivity contribution in [3.63, 3.8) is 0 Å². The number of fused-ring (bicyclic) bond motifs is 1. The Kier molecular flexibility index (Phi) is 7.37. The monoisotopic (exact) mass is 524 g/mol. The second-order valence-corrected chi connectivity index (χ2v) is 9.90. The highest BCUT2D eigenvalue weighted by molar-refractivity contribution is 7.11. The highest BCUT2D eigenvalue weighted by Crippen LogP contribution is 2.36. The Bertz CT molecular complexity index is 1570. The Morgan fingerprint density at radius 3 is 2.64 bits per heavy atom. The first kappa shape index (κ1) is 25.3. The number of hydrogen-bond donors (Lipinski definition) is 0. The summed E-state index contributed by atoms with van der Waals surface area (Å²) in [6, 6.07) is 6.06. The lowest BCUT2D eigenvalue weighted by Gasteiger charge is -2.25. The summed E-state index contributed by atoms with van der Waals surface area (Å²) in [5.41, 5.74) is 2.03. The van der Waals surface area contributed by atoms with E-state index in [9.17, 15) is 14.4 Å². The van der Waals surface area contributed by atoms with Crippen molar-refractivity contribution in [3.05, 3.63) is 89.3 Å². The predicted octanol–water partition coefficient (Wildman–Crippen LogP) is 3.27. The van der Waals surface area contributed by atoms with E-state index in [0.29, 0.717) is 20.6 Å². The van der Waals surface area contributed by atoms with Crippen molar-refractivity contribution in [3.8, 4) is 11.5 Å². The Balaban J connectivity index is 1.95.